The van der Waals surface area contributed by atoms with Crippen molar-refractivity contribution in [3.63, 3.8) is 0 Å². The van der Waals surface area contributed by atoms with E-state index >= 15 is 0 Å². The molecule has 1 fully saturated rings. The molecule has 2 heterocycles. The summed E-state index contributed by atoms with van der Waals surface area (Å²) in [6.07, 6.45) is 6.42. The zero-order valence-corrected chi connectivity index (χ0v) is 17.6. The average Bonchev–Trinajstić information content (AvgIpc) is 2.74. The highest BCUT2D eigenvalue weighted by Gasteiger charge is 2.26. The zero-order chi connectivity index (χ0) is 21.1. The summed E-state index contributed by atoms with van der Waals surface area (Å²) in [6.45, 7) is 0.936. The Balaban J connectivity index is 1.65. The number of aromatic nitrogens is 1. The minimum Gasteiger partial charge on any atom is -0.490 e. The molecular weight excluding hydrogens is 398 g/mol. The van der Waals surface area contributed by atoms with Crippen LogP contribution in [0, 0.1) is 11.3 Å². The van der Waals surface area contributed by atoms with Crippen molar-refractivity contribution < 1.29 is 13.2 Å². The van der Waals surface area contributed by atoms with Gasteiger partial charge in [0.2, 0.25) is 10.0 Å². The van der Waals surface area contributed by atoms with Gasteiger partial charge in [0.15, 0.2) is 0 Å². The SMILES string of the molecule is CS(=O)(=O)N1CCC(Oc2cc(-c3cccc(CC#N)c3)cc3ccncc23)CC1. The van der Waals surface area contributed by atoms with Gasteiger partial charge in [0.05, 0.1) is 18.7 Å². The van der Waals surface area contributed by atoms with Crippen LogP contribution in [0.1, 0.15) is 18.4 Å². The molecule has 0 saturated carbocycles. The van der Waals surface area contributed by atoms with E-state index in [-0.39, 0.29) is 6.10 Å². The molecule has 0 bridgehead atoms. The highest BCUT2D eigenvalue weighted by atomic mass is 32.2. The molecule has 3 aromatic rings. The quantitative estimate of drug-likeness (QED) is 0.626. The molecule has 154 valence electrons. The Morgan fingerprint density at radius 2 is 1.97 bits per heavy atom. The molecule has 0 radical (unpaired) electrons. The van der Waals surface area contributed by atoms with Crippen LogP contribution in [0.2, 0.25) is 0 Å². The normalized spacial score (nSPS) is 15.7. The van der Waals surface area contributed by atoms with Crippen LogP contribution in [0.25, 0.3) is 21.9 Å². The van der Waals surface area contributed by atoms with Gasteiger partial charge in [-0.2, -0.15) is 5.26 Å². The first kappa shape index (κ1) is 20.3. The fourth-order valence-corrected chi connectivity index (χ4v) is 4.72. The summed E-state index contributed by atoms with van der Waals surface area (Å²) in [5.74, 6) is 0.749. The molecule has 1 saturated heterocycles. The van der Waals surface area contributed by atoms with Crippen LogP contribution in [0.15, 0.2) is 54.9 Å². The summed E-state index contributed by atoms with van der Waals surface area (Å²) in [5, 5.41) is 11.0. The van der Waals surface area contributed by atoms with E-state index in [0.717, 1.165) is 33.2 Å². The molecule has 4 rings (SSSR count). The number of nitrogens with zero attached hydrogens (tertiary/aromatic N) is 3. The van der Waals surface area contributed by atoms with Crippen molar-refractivity contribution in [1.82, 2.24) is 9.29 Å². The third kappa shape index (κ3) is 4.45. The van der Waals surface area contributed by atoms with E-state index in [0.29, 0.717) is 32.4 Å². The van der Waals surface area contributed by atoms with E-state index in [1.165, 1.54) is 10.6 Å². The van der Waals surface area contributed by atoms with Crippen molar-refractivity contribution >= 4 is 20.8 Å². The standard InChI is InChI=1S/C23H23N3O3S/c1-30(27,28)26-11-7-21(8-12-26)29-23-15-20(14-19-6-10-25-16-22(19)23)18-4-2-3-17(13-18)5-9-24/h2-4,6,10,13-16,21H,5,7-8,11-12H2,1H3. The number of pyridine rings is 1. The molecule has 6 nitrogen and oxygen atoms in total. The number of hydrogen-bond donors (Lipinski definition) is 0. The van der Waals surface area contributed by atoms with E-state index in [9.17, 15) is 8.42 Å². The minimum atomic E-state index is -3.16. The van der Waals surface area contributed by atoms with E-state index in [2.05, 4.69) is 17.1 Å². The van der Waals surface area contributed by atoms with Crippen LogP contribution in [-0.4, -0.2) is 43.2 Å². The predicted molar refractivity (Wildman–Crippen MR) is 117 cm³/mol. The van der Waals surface area contributed by atoms with Crippen molar-refractivity contribution in [2.24, 2.45) is 0 Å². The molecule has 0 spiro atoms. The fourth-order valence-electron chi connectivity index (χ4n) is 3.84. The van der Waals surface area contributed by atoms with Gasteiger partial charge in [0, 0.05) is 30.9 Å². The van der Waals surface area contributed by atoms with Crippen LogP contribution in [0.5, 0.6) is 5.75 Å². The summed E-state index contributed by atoms with van der Waals surface area (Å²) in [4.78, 5) is 4.25. The lowest BCUT2D eigenvalue weighted by atomic mass is 9.99. The van der Waals surface area contributed by atoms with E-state index in [4.69, 9.17) is 10.00 Å². The van der Waals surface area contributed by atoms with Crippen LogP contribution in [0.3, 0.4) is 0 Å². The van der Waals surface area contributed by atoms with E-state index in [1.807, 2.05) is 36.4 Å². The van der Waals surface area contributed by atoms with Gasteiger partial charge in [0.1, 0.15) is 11.9 Å². The van der Waals surface area contributed by atoms with Crippen molar-refractivity contribution in [1.29, 1.82) is 5.26 Å². The Morgan fingerprint density at radius 3 is 2.70 bits per heavy atom. The lowest BCUT2D eigenvalue weighted by Crippen LogP contribution is -2.41. The average molecular weight is 422 g/mol. The van der Waals surface area contributed by atoms with Gasteiger partial charge in [-0.3, -0.25) is 4.98 Å². The first-order valence-electron chi connectivity index (χ1n) is 9.90. The number of piperidine rings is 1. The maximum absolute atomic E-state index is 11.8. The van der Waals surface area contributed by atoms with Crippen LogP contribution in [0.4, 0.5) is 0 Å². The molecule has 1 aromatic heterocycles. The number of fused-ring (bicyclic) bond motifs is 1. The predicted octanol–water partition coefficient (Wildman–Crippen LogP) is 3.77. The third-order valence-corrected chi connectivity index (χ3v) is 6.73. The molecule has 1 aliphatic heterocycles. The van der Waals surface area contributed by atoms with Gasteiger partial charge in [-0.1, -0.05) is 24.3 Å². The second-order valence-corrected chi connectivity index (χ2v) is 9.57. The number of nitriles is 1. The fraction of sp³-hybridized carbons (Fsp3) is 0.304. The van der Waals surface area contributed by atoms with Crippen LogP contribution in [-0.2, 0) is 16.4 Å². The summed E-state index contributed by atoms with van der Waals surface area (Å²) in [6, 6.07) is 16.2. The first-order valence-corrected chi connectivity index (χ1v) is 11.7. The van der Waals surface area contributed by atoms with Crippen molar-refractivity contribution in [3.05, 3.63) is 60.4 Å². The molecule has 1 aliphatic rings. The molecule has 0 aliphatic carbocycles. The van der Waals surface area contributed by atoms with Gasteiger partial charge < -0.3 is 4.74 Å². The summed E-state index contributed by atoms with van der Waals surface area (Å²) in [5.41, 5.74) is 3.01. The molecular formula is C23H23N3O3S. The minimum absolute atomic E-state index is 0.0495. The zero-order valence-electron chi connectivity index (χ0n) is 16.8. The lowest BCUT2D eigenvalue weighted by molar-refractivity contribution is 0.137. The van der Waals surface area contributed by atoms with Gasteiger partial charge in [-0.25, -0.2) is 12.7 Å². The van der Waals surface area contributed by atoms with E-state index in [1.54, 1.807) is 12.4 Å². The Morgan fingerprint density at radius 1 is 1.17 bits per heavy atom. The Kier molecular flexibility index (Phi) is 5.71. The maximum atomic E-state index is 11.8. The molecule has 7 heteroatoms. The second kappa shape index (κ2) is 8.42. The van der Waals surface area contributed by atoms with Gasteiger partial charge >= 0.3 is 0 Å². The van der Waals surface area contributed by atoms with Crippen molar-refractivity contribution in [2.45, 2.75) is 25.4 Å². The summed E-state index contributed by atoms with van der Waals surface area (Å²) >= 11 is 0. The molecule has 0 atom stereocenters. The third-order valence-electron chi connectivity index (χ3n) is 5.42. The summed E-state index contributed by atoms with van der Waals surface area (Å²) in [7, 11) is -3.16. The smallest absolute Gasteiger partial charge is 0.211 e. The molecule has 30 heavy (non-hydrogen) atoms. The highest BCUT2D eigenvalue weighted by molar-refractivity contribution is 7.88. The number of rotatable bonds is 5. The number of benzene rings is 2. The Bertz CT molecular complexity index is 1210. The number of ether oxygens (including phenoxy) is 1. The van der Waals surface area contributed by atoms with Crippen molar-refractivity contribution in [2.75, 3.05) is 19.3 Å². The number of hydrogen-bond acceptors (Lipinski definition) is 5. The first-order chi connectivity index (χ1) is 14.4. The maximum Gasteiger partial charge on any atom is 0.211 e. The molecule has 2 aromatic carbocycles. The van der Waals surface area contributed by atoms with Crippen molar-refractivity contribution in [3.8, 4) is 22.9 Å². The topological polar surface area (TPSA) is 83.3 Å². The van der Waals surface area contributed by atoms with Crippen LogP contribution >= 0.6 is 0 Å². The van der Waals surface area contributed by atoms with Gasteiger partial charge in [-0.15, -0.1) is 0 Å². The molecule has 0 amide bonds. The van der Waals surface area contributed by atoms with E-state index < -0.39 is 10.0 Å². The Hall–Kier alpha value is -2.95. The number of sulfonamides is 1. The molecule has 0 N–H and O–H groups in total. The molecule has 0 unspecified atom stereocenters. The van der Waals surface area contributed by atoms with Gasteiger partial charge in [0.25, 0.3) is 0 Å². The van der Waals surface area contributed by atoms with Crippen LogP contribution < -0.4 is 4.74 Å². The van der Waals surface area contributed by atoms with Gasteiger partial charge in [-0.05, 0) is 53.1 Å². The lowest BCUT2D eigenvalue weighted by Gasteiger charge is -2.30. The summed E-state index contributed by atoms with van der Waals surface area (Å²) < 4.78 is 31.4. The highest BCUT2D eigenvalue weighted by Crippen LogP contribution is 2.34. The Labute approximate surface area is 176 Å². The largest absolute Gasteiger partial charge is 0.490 e. The second-order valence-electron chi connectivity index (χ2n) is 7.59. The monoisotopic (exact) mass is 421 g/mol.